The van der Waals surface area contributed by atoms with Gasteiger partial charge in [-0.05, 0) is 68.5 Å². The number of nitrogens with zero attached hydrogens (tertiary/aromatic N) is 1. The van der Waals surface area contributed by atoms with E-state index in [1.807, 2.05) is 60.7 Å². The van der Waals surface area contributed by atoms with Crippen molar-refractivity contribution in [3.05, 3.63) is 96.1 Å². The van der Waals surface area contributed by atoms with Gasteiger partial charge in [-0.1, -0.05) is 66.7 Å². The molecule has 1 saturated heterocycles. The number of piperidine rings is 1. The molecule has 1 aliphatic heterocycles. The number of hydrogen-bond acceptors (Lipinski definition) is 4. The van der Waals surface area contributed by atoms with Gasteiger partial charge in [0, 0.05) is 12.6 Å². The third-order valence-corrected chi connectivity index (χ3v) is 6.84. The molecule has 4 rings (SSSR count). The van der Waals surface area contributed by atoms with Gasteiger partial charge in [0.05, 0.1) is 13.2 Å². The highest BCUT2D eigenvalue weighted by Gasteiger charge is 2.41. The van der Waals surface area contributed by atoms with Crippen LogP contribution in [0, 0.1) is 5.92 Å². The Kier molecular flexibility index (Phi) is 7.69. The number of rotatable bonds is 9. The van der Waals surface area contributed by atoms with Crippen LogP contribution < -0.4 is 9.47 Å². The largest absolute Gasteiger partial charge is 0.497 e. The van der Waals surface area contributed by atoms with Crippen LogP contribution in [0.3, 0.4) is 0 Å². The SMILES string of the molecule is COc1cccc(OC(C)CCN2CCC(C(O)(c3ccccc3)c3ccccc3)CC2)c1. The van der Waals surface area contributed by atoms with Crippen LogP contribution in [-0.2, 0) is 5.60 Å². The highest BCUT2D eigenvalue weighted by molar-refractivity contribution is 5.37. The second kappa shape index (κ2) is 10.9. The second-order valence-corrected chi connectivity index (χ2v) is 9.01. The maximum absolute atomic E-state index is 12.0. The number of methoxy groups -OCH3 is 1. The minimum atomic E-state index is -0.961. The van der Waals surface area contributed by atoms with Gasteiger partial charge in [0.1, 0.15) is 17.1 Å². The van der Waals surface area contributed by atoms with Crippen LogP contribution in [0.4, 0.5) is 0 Å². The molecular formula is C29H35NO3. The van der Waals surface area contributed by atoms with E-state index in [0.29, 0.717) is 0 Å². The second-order valence-electron chi connectivity index (χ2n) is 9.01. The van der Waals surface area contributed by atoms with Gasteiger partial charge >= 0.3 is 0 Å². The Morgan fingerprint density at radius 1 is 0.879 bits per heavy atom. The number of benzene rings is 3. The minimum Gasteiger partial charge on any atom is -0.497 e. The molecule has 3 aromatic carbocycles. The summed E-state index contributed by atoms with van der Waals surface area (Å²) in [6.07, 6.45) is 3.01. The Morgan fingerprint density at radius 2 is 1.45 bits per heavy atom. The van der Waals surface area contributed by atoms with E-state index in [0.717, 1.165) is 61.5 Å². The molecule has 0 amide bonds. The zero-order chi connectivity index (χ0) is 23.1. The highest BCUT2D eigenvalue weighted by atomic mass is 16.5. The summed E-state index contributed by atoms with van der Waals surface area (Å²) in [5, 5.41) is 12.0. The molecule has 33 heavy (non-hydrogen) atoms. The van der Waals surface area contributed by atoms with Crippen molar-refractivity contribution in [3.8, 4) is 11.5 Å². The average molecular weight is 446 g/mol. The third-order valence-electron chi connectivity index (χ3n) is 6.84. The highest BCUT2D eigenvalue weighted by Crippen LogP contribution is 2.41. The zero-order valence-electron chi connectivity index (χ0n) is 19.7. The molecule has 4 heteroatoms. The Morgan fingerprint density at radius 3 is 2.03 bits per heavy atom. The molecule has 0 aliphatic carbocycles. The molecule has 3 aromatic rings. The van der Waals surface area contributed by atoms with Crippen LogP contribution >= 0.6 is 0 Å². The molecule has 1 aliphatic rings. The first kappa shape index (κ1) is 23.3. The number of hydrogen-bond donors (Lipinski definition) is 1. The summed E-state index contributed by atoms with van der Waals surface area (Å²) >= 11 is 0. The average Bonchev–Trinajstić information content (AvgIpc) is 2.88. The lowest BCUT2D eigenvalue weighted by Gasteiger charge is -2.42. The van der Waals surface area contributed by atoms with Gasteiger partial charge in [0.2, 0.25) is 0 Å². The van der Waals surface area contributed by atoms with E-state index in [1.54, 1.807) is 7.11 Å². The molecule has 174 valence electrons. The van der Waals surface area contributed by atoms with Crippen LogP contribution in [0.2, 0.25) is 0 Å². The summed E-state index contributed by atoms with van der Waals surface area (Å²) in [5.41, 5.74) is 1.00. The van der Waals surface area contributed by atoms with Gasteiger partial charge in [-0.25, -0.2) is 0 Å². The molecule has 1 fully saturated rings. The third kappa shape index (κ3) is 5.58. The van der Waals surface area contributed by atoms with Crippen LogP contribution in [0.15, 0.2) is 84.9 Å². The van der Waals surface area contributed by atoms with Crippen molar-refractivity contribution < 1.29 is 14.6 Å². The smallest absolute Gasteiger partial charge is 0.123 e. The van der Waals surface area contributed by atoms with Crippen molar-refractivity contribution in [1.82, 2.24) is 4.90 Å². The summed E-state index contributed by atoms with van der Waals surface area (Å²) in [7, 11) is 1.67. The van der Waals surface area contributed by atoms with Crippen molar-refractivity contribution in [2.75, 3.05) is 26.7 Å². The van der Waals surface area contributed by atoms with Crippen LogP contribution in [0.25, 0.3) is 0 Å². The van der Waals surface area contributed by atoms with Crippen LogP contribution in [-0.4, -0.2) is 42.9 Å². The van der Waals surface area contributed by atoms with Gasteiger partial charge < -0.3 is 19.5 Å². The predicted octanol–water partition coefficient (Wildman–Crippen LogP) is 5.50. The molecule has 1 unspecified atom stereocenters. The number of ether oxygens (including phenoxy) is 2. The predicted molar refractivity (Wildman–Crippen MR) is 133 cm³/mol. The fourth-order valence-corrected chi connectivity index (χ4v) is 4.93. The van der Waals surface area contributed by atoms with Gasteiger partial charge in [0.15, 0.2) is 0 Å². The maximum Gasteiger partial charge on any atom is 0.123 e. The lowest BCUT2D eigenvalue weighted by Crippen LogP contribution is -2.44. The van der Waals surface area contributed by atoms with Gasteiger partial charge in [-0.15, -0.1) is 0 Å². The van der Waals surface area contributed by atoms with Crippen LogP contribution in [0.5, 0.6) is 11.5 Å². The van der Waals surface area contributed by atoms with Gasteiger partial charge in [0.25, 0.3) is 0 Å². The lowest BCUT2D eigenvalue weighted by atomic mass is 9.72. The fourth-order valence-electron chi connectivity index (χ4n) is 4.93. The fraction of sp³-hybridized carbons (Fsp3) is 0.379. The van der Waals surface area contributed by atoms with Crippen molar-refractivity contribution in [2.45, 2.75) is 37.9 Å². The quantitative estimate of drug-likeness (QED) is 0.472. The normalized spacial score (nSPS) is 16.3. The summed E-state index contributed by atoms with van der Waals surface area (Å²) in [5.74, 6) is 1.84. The first-order chi connectivity index (χ1) is 16.1. The topological polar surface area (TPSA) is 41.9 Å². The van der Waals surface area contributed by atoms with E-state index in [9.17, 15) is 5.11 Å². The van der Waals surface area contributed by atoms with E-state index in [2.05, 4.69) is 36.1 Å². The van der Waals surface area contributed by atoms with Gasteiger partial charge in [-0.3, -0.25) is 0 Å². The summed E-state index contributed by atoms with van der Waals surface area (Å²) in [6.45, 7) is 5.08. The first-order valence-electron chi connectivity index (χ1n) is 12.0. The molecule has 0 saturated carbocycles. The standard InChI is InChI=1S/C29H35NO3/c1-23(33-28-15-9-14-27(22-28)32-2)16-19-30-20-17-26(18-21-30)29(31,24-10-5-3-6-11-24)25-12-7-4-8-13-25/h3-15,22-23,26,31H,16-21H2,1-2H3. The molecule has 0 bridgehead atoms. The number of likely N-dealkylation sites (tertiary alicyclic amines) is 1. The molecule has 4 nitrogen and oxygen atoms in total. The first-order valence-corrected chi connectivity index (χ1v) is 12.0. The number of aliphatic hydroxyl groups is 1. The molecular weight excluding hydrogens is 410 g/mol. The van der Waals surface area contributed by atoms with E-state index in [1.165, 1.54) is 0 Å². The molecule has 0 radical (unpaired) electrons. The molecule has 1 N–H and O–H groups in total. The Balaban J connectivity index is 1.35. The van der Waals surface area contributed by atoms with E-state index in [-0.39, 0.29) is 12.0 Å². The summed E-state index contributed by atoms with van der Waals surface area (Å²) < 4.78 is 11.4. The zero-order valence-corrected chi connectivity index (χ0v) is 19.7. The van der Waals surface area contributed by atoms with Crippen molar-refractivity contribution in [1.29, 1.82) is 0 Å². The Hall–Kier alpha value is -2.82. The van der Waals surface area contributed by atoms with Crippen molar-refractivity contribution in [3.63, 3.8) is 0 Å². The monoisotopic (exact) mass is 445 g/mol. The van der Waals surface area contributed by atoms with Crippen LogP contribution in [0.1, 0.15) is 37.3 Å². The molecule has 1 atom stereocenters. The molecule has 0 aromatic heterocycles. The van der Waals surface area contributed by atoms with Crippen molar-refractivity contribution in [2.24, 2.45) is 5.92 Å². The van der Waals surface area contributed by atoms with E-state index >= 15 is 0 Å². The van der Waals surface area contributed by atoms with E-state index in [4.69, 9.17) is 9.47 Å². The summed E-state index contributed by atoms with van der Waals surface area (Å²) in [4.78, 5) is 2.50. The van der Waals surface area contributed by atoms with Gasteiger partial charge in [-0.2, -0.15) is 0 Å². The van der Waals surface area contributed by atoms with E-state index < -0.39 is 5.60 Å². The molecule has 1 heterocycles. The lowest BCUT2D eigenvalue weighted by molar-refractivity contribution is -0.0152. The Labute approximate surface area is 197 Å². The summed E-state index contributed by atoms with van der Waals surface area (Å²) in [6, 6.07) is 28.1. The maximum atomic E-state index is 12.0. The van der Waals surface area contributed by atoms with Crippen molar-refractivity contribution >= 4 is 0 Å². The molecule has 0 spiro atoms. The minimum absolute atomic E-state index is 0.125. The Bertz CT molecular complexity index is 945.